The first kappa shape index (κ1) is 23.8. The Hall–Kier alpha value is -3.86. The zero-order valence-electron chi connectivity index (χ0n) is 18.6. The van der Waals surface area contributed by atoms with E-state index in [2.05, 4.69) is 10.2 Å². The highest BCUT2D eigenvalue weighted by atomic mass is 32.2. The molecular weight excluding hydrogens is 452 g/mol. The molecule has 0 fully saturated rings. The van der Waals surface area contributed by atoms with E-state index in [1.165, 1.54) is 41.6 Å². The number of carboxylic acid groups (broad SMARTS) is 1. The Balaban J connectivity index is 1.95. The van der Waals surface area contributed by atoms with Gasteiger partial charge in [-0.25, -0.2) is 4.79 Å². The van der Waals surface area contributed by atoms with Crippen molar-refractivity contribution in [1.29, 1.82) is 0 Å². The molecule has 0 spiro atoms. The number of ether oxygens (including phenoxy) is 5. The standard InChI is InChI=1S/C22H22N2O8S/c1-27-14-6-13(7-15(10-14)28-2)20-23-24-22(32-20)33-19(21(25)26)9-12-8-17(30-4)18(31-5)11-16(12)29-3/h6-11H,1-5H3,(H,25,26)/b19-9-. The van der Waals surface area contributed by atoms with Crippen LogP contribution in [0.2, 0.25) is 0 Å². The zero-order chi connectivity index (χ0) is 24.0. The number of aliphatic carboxylic acids is 1. The lowest BCUT2D eigenvalue weighted by Gasteiger charge is -2.12. The number of rotatable bonds is 10. The van der Waals surface area contributed by atoms with Crippen molar-refractivity contribution < 1.29 is 38.0 Å². The molecule has 0 atom stereocenters. The Morgan fingerprint density at radius 1 is 0.848 bits per heavy atom. The number of carboxylic acids is 1. The van der Waals surface area contributed by atoms with Gasteiger partial charge in [-0.3, -0.25) is 0 Å². The van der Waals surface area contributed by atoms with E-state index in [-0.39, 0.29) is 16.0 Å². The summed E-state index contributed by atoms with van der Waals surface area (Å²) < 4.78 is 32.1. The van der Waals surface area contributed by atoms with E-state index < -0.39 is 5.97 Å². The highest BCUT2D eigenvalue weighted by molar-refractivity contribution is 8.03. The van der Waals surface area contributed by atoms with Crippen LogP contribution in [-0.2, 0) is 4.79 Å². The quantitative estimate of drug-likeness (QED) is 0.339. The molecule has 3 aromatic rings. The second-order valence-electron chi connectivity index (χ2n) is 6.34. The van der Waals surface area contributed by atoms with Crippen LogP contribution in [0.15, 0.2) is 44.9 Å². The van der Waals surface area contributed by atoms with Gasteiger partial charge in [0, 0.05) is 23.3 Å². The maximum atomic E-state index is 11.9. The van der Waals surface area contributed by atoms with Crippen LogP contribution in [0.3, 0.4) is 0 Å². The monoisotopic (exact) mass is 474 g/mol. The Morgan fingerprint density at radius 3 is 2.00 bits per heavy atom. The predicted octanol–water partition coefficient (Wildman–Crippen LogP) is 4.00. The third kappa shape index (κ3) is 5.50. The van der Waals surface area contributed by atoms with Crippen LogP contribution in [0.5, 0.6) is 28.7 Å². The second kappa shape index (κ2) is 10.6. The number of hydrogen-bond acceptors (Lipinski definition) is 10. The lowest BCUT2D eigenvalue weighted by atomic mass is 10.1. The average Bonchev–Trinajstić information content (AvgIpc) is 3.31. The first-order valence-corrected chi connectivity index (χ1v) is 10.2. The molecule has 0 saturated carbocycles. The van der Waals surface area contributed by atoms with Gasteiger partial charge in [-0.2, -0.15) is 0 Å². The number of methoxy groups -OCH3 is 5. The zero-order valence-corrected chi connectivity index (χ0v) is 19.4. The molecule has 0 aliphatic heterocycles. The van der Waals surface area contributed by atoms with Gasteiger partial charge in [0.25, 0.3) is 5.22 Å². The number of hydrogen-bond donors (Lipinski definition) is 1. The minimum Gasteiger partial charge on any atom is -0.497 e. The number of aromatic nitrogens is 2. The Labute approximate surface area is 194 Å². The molecule has 33 heavy (non-hydrogen) atoms. The van der Waals surface area contributed by atoms with Gasteiger partial charge in [-0.1, -0.05) is 0 Å². The summed E-state index contributed by atoms with van der Waals surface area (Å²) in [6, 6.07) is 8.33. The van der Waals surface area contributed by atoms with Crippen molar-refractivity contribution in [2.75, 3.05) is 35.5 Å². The summed E-state index contributed by atoms with van der Waals surface area (Å²) in [5, 5.41) is 17.7. The van der Waals surface area contributed by atoms with Gasteiger partial charge in [0.15, 0.2) is 11.5 Å². The topological polar surface area (TPSA) is 122 Å². The van der Waals surface area contributed by atoms with E-state index in [1.54, 1.807) is 30.3 Å². The normalized spacial score (nSPS) is 11.1. The molecule has 0 amide bonds. The third-order valence-corrected chi connectivity index (χ3v) is 5.29. The van der Waals surface area contributed by atoms with Crippen molar-refractivity contribution in [3.63, 3.8) is 0 Å². The molecule has 3 rings (SSSR count). The molecule has 1 aromatic heterocycles. The van der Waals surface area contributed by atoms with Crippen LogP contribution in [0.4, 0.5) is 0 Å². The summed E-state index contributed by atoms with van der Waals surface area (Å²) in [5.41, 5.74) is 1.03. The number of carbonyl (C=O) groups is 1. The Morgan fingerprint density at radius 2 is 1.45 bits per heavy atom. The van der Waals surface area contributed by atoms with Gasteiger partial charge in [0.05, 0.1) is 35.5 Å². The largest absolute Gasteiger partial charge is 0.497 e. The number of benzene rings is 2. The molecule has 0 saturated heterocycles. The van der Waals surface area contributed by atoms with E-state index in [0.29, 0.717) is 39.9 Å². The fraction of sp³-hybridized carbons (Fsp3) is 0.227. The summed E-state index contributed by atoms with van der Waals surface area (Å²) in [7, 11) is 7.51. The minimum absolute atomic E-state index is 0.0416. The molecule has 0 radical (unpaired) electrons. The third-order valence-electron chi connectivity index (χ3n) is 4.44. The summed E-state index contributed by atoms with van der Waals surface area (Å²) in [4.78, 5) is 11.9. The minimum atomic E-state index is -1.18. The molecule has 0 aliphatic rings. The summed E-state index contributed by atoms with van der Waals surface area (Å²) in [6.45, 7) is 0. The average molecular weight is 474 g/mol. The van der Waals surface area contributed by atoms with Gasteiger partial charge < -0.3 is 33.2 Å². The number of thioether (sulfide) groups is 1. The Kier molecular flexibility index (Phi) is 7.67. The highest BCUT2D eigenvalue weighted by Gasteiger charge is 2.19. The molecule has 2 aromatic carbocycles. The smallest absolute Gasteiger partial charge is 0.342 e. The van der Waals surface area contributed by atoms with Crippen LogP contribution in [0.1, 0.15) is 5.56 Å². The number of nitrogens with zero attached hydrogens (tertiary/aromatic N) is 2. The van der Waals surface area contributed by atoms with Crippen molar-refractivity contribution in [2.24, 2.45) is 0 Å². The summed E-state index contributed by atoms with van der Waals surface area (Å²) in [5.74, 6) is 1.37. The van der Waals surface area contributed by atoms with Crippen molar-refractivity contribution in [1.82, 2.24) is 10.2 Å². The van der Waals surface area contributed by atoms with Crippen LogP contribution >= 0.6 is 11.8 Å². The van der Waals surface area contributed by atoms with Crippen molar-refractivity contribution >= 4 is 23.8 Å². The lowest BCUT2D eigenvalue weighted by molar-refractivity contribution is -0.131. The van der Waals surface area contributed by atoms with Gasteiger partial charge in [0.1, 0.15) is 22.2 Å². The van der Waals surface area contributed by atoms with E-state index in [0.717, 1.165) is 11.8 Å². The van der Waals surface area contributed by atoms with Crippen molar-refractivity contribution in [3.8, 4) is 40.2 Å². The summed E-state index contributed by atoms with van der Waals surface area (Å²) in [6.07, 6.45) is 1.42. The molecule has 1 heterocycles. The lowest BCUT2D eigenvalue weighted by Crippen LogP contribution is -1.99. The van der Waals surface area contributed by atoms with Crippen LogP contribution in [0, 0.1) is 0 Å². The summed E-state index contributed by atoms with van der Waals surface area (Å²) >= 11 is 0.801. The van der Waals surface area contributed by atoms with Crippen LogP contribution < -0.4 is 23.7 Å². The Bertz CT molecular complexity index is 1150. The van der Waals surface area contributed by atoms with Crippen LogP contribution in [-0.4, -0.2) is 56.8 Å². The molecule has 11 heteroatoms. The highest BCUT2D eigenvalue weighted by Crippen LogP contribution is 2.38. The molecule has 0 aliphatic carbocycles. The van der Waals surface area contributed by atoms with E-state index in [4.69, 9.17) is 28.1 Å². The fourth-order valence-corrected chi connectivity index (χ4v) is 3.50. The molecule has 0 unspecified atom stereocenters. The maximum absolute atomic E-state index is 11.9. The molecule has 1 N–H and O–H groups in total. The molecule has 174 valence electrons. The second-order valence-corrected chi connectivity index (χ2v) is 7.33. The van der Waals surface area contributed by atoms with Gasteiger partial charge >= 0.3 is 5.97 Å². The fourth-order valence-electron chi connectivity index (χ4n) is 2.83. The van der Waals surface area contributed by atoms with Gasteiger partial charge in [-0.15, -0.1) is 10.2 Å². The maximum Gasteiger partial charge on any atom is 0.342 e. The van der Waals surface area contributed by atoms with Gasteiger partial charge in [0.2, 0.25) is 5.89 Å². The van der Waals surface area contributed by atoms with E-state index in [9.17, 15) is 9.90 Å². The molecule has 10 nitrogen and oxygen atoms in total. The van der Waals surface area contributed by atoms with Crippen molar-refractivity contribution in [2.45, 2.75) is 5.22 Å². The first-order chi connectivity index (χ1) is 15.9. The van der Waals surface area contributed by atoms with E-state index in [1.807, 2.05) is 0 Å². The van der Waals surface area contributed by atoms with Crippen molar-refractivity contribution in [3.05, 3.63) is 40.8 Å². The molecular formula is C22H22N2O8S. The first-order valence-electron chi connectivity index (χ1n) is 9.42. The van der Waals surface area contributed by atoms with Crippen LogP contribution in [0.25, 0.3) is 17.5 Å². The van der Waals surface area contributed by atoms with E-state index >= 15 is 0 Å². The molecule has 0 bridgehead atoms. The van der Waals surface area contributed by atoms with Gasteiger partial charge in [-0.05, 0) is 36.0 Å². The SMILES string of the molecule is COc1cc(OC)cc(-c2nnc(S/C(=C\c3cc(OC)c(OC)cc3OC)C(=O)O)o2)c1. The predicted molar refractivity (Wildman–Crippen MR) is 120 cm³/mol.